The summed E-state index contributed by atoms with van der Waals surface area (Å²) >= 11 is 2.77. The summed E-state index contributed by atoms with van der Waals surface area (Å²) in [6.45, 7) is 8.76. The Balaban J connectivity index is 2.54. The molecule has 0 saturated heterocycles. The molecule has 8 nitrogen and oxygen atoms in total. The zero-order valence-electron chi connectivity index (χ0n) is 19.5. The van der Waals surface area contributed by atoms with Gasteiger partial charge in [-0.3, -0.25) is 9.00 Å². The minimum atomic E-state index is -4.23. The van der Waals surface area contributed by atoms with Gasteiger partial charge in [0.05, 0.1) is 4.90 Å². The largest absolute Gasteiger partial charge is 0.768 e. The van der Waals surface area contributed by atoms with Crippen molar-refractivity contribution in [2.24, 2.45) is 5.92 Å². The van der Waals surface area contributed by atoms with Crippen LogP contribution in [-0.2, 0) is 25.9 Å². The fourth-order valence-corrected chi connectivity index (χ4v) is 5.12. The van der Waals surface area contributed by atoms with E-state index in [4.69, 9.17) is 12.2 Å². The Bertz CT molecular complexity index is 1240. The van der Waals surface area contributed by atoms with Gasteiger partial charge in [0.25, 0.3) is 10.0 Å². The number of hydrogen-bond donors (Lipinski definition) is 3. The molecule has 0 aliphatic rings. The van der Waals surface area contributed by atoms with Gasteiger partial charge in [0.15, 0.2) is 5.11 Å². The molecule has 0 bridgehead atoms. The Morgan fingerprint density at radius 2 is 1.68 bits per heavy atom. The summed E-state index contributed by atoms with van der Waals surface area (Å²) < 4.78 is 51.5. The monoisotopic (exact) mass is 522 g/mol. The van der Waals surface area contributed by atoms with Gasteiger partial charge in [-0.25, -0.2) is 13.1 Å². The van der Waals surface area contributed by atoms with Crippen molar-refractivity contribution in [1.29, 1.82) is 0 Å². The summed E-state index contributed by atoms with van der Waals surface area (Å²) in [6.07, 6.45) is 3.01. The highest BCUT2D eigenvalue weighted by molar-refractivity contribution is 7.90. The van der Waals surface area contributed by atoms with Crippen molar-refractivity contribution in [1.82, 2.24) is 10.0 Å². The maximum Gasteiger partial charge on any atom is 0.264 e. The number of carbonyl (C=O) groups excluding carboxylic acids is 1. The van der Waals surface area contributed by atoms with Crippen molar-refractivity contribution < 1.29 is 22.0 Å². The van der Waals surface area contributed by atoms with Crippen LogP contribution < -0.4 is 15.4 Å². The highest BCUT2D eigenvalue weighted by Crippen LogP contribution is 2.25. The Hall–Kier alpha value is -2.60. The van der Waals surface area contributed by atoms with Crippen LogP contribution in [0.5, 0.6) is 0 Å². The van der Waals surface area contributed by atoms with E-state index in [1.165, 1.54) is 24.3 Å². The number of thiocarbonyl (C=S) groups is 1. The number of amides is 1. The fourth-order valence-electron chi connectivity index (χ4n) is 2.82. The van der Waals surface area contributed by atoms with E-state index in [1.54, 1.807) is 45.0 Å². The van der Waals surface area contributed by atoms with Crippen molar-refractivity contribution in [3.05, 3.63) is 53.1 Å². The SMILES string of the molecule is Cc1ccc(/C=C/c2ccc(NC(=S)NC(C)C)cc2S(=O)(=O)NC(=O)C(C)C)c(S(=O)[O-])c1. The molecule has 0 saturated carbocycles. The molecule has 1 unspecified atom stereocenters. The van der Waals surface area contributed by atoms with Crippen LogP contribution in [0.25, 0.3) is 12.2 Å². The summed E-state index contributed by atoms with van der Waals surface area (Å²) in [5.74, 6) is -1.19. The highest BCUT2D eigenvalue weighted by atomic mass is 32.2. The molecule has 34 heavy (non-hydrogen) atoms. The van der Waals surface area contributed by atoms with Crippen molar-refractivity contribution in [2.45, 2.75) is 50.5 Å². The fraction of sp³-hybridized carbons (Fsp3) is 0.304. The first-order chi connectivity index (χ1) is 15.8. The van der Waals surface area contributed by atoms with Gasteiger partial charge in [-0.15, -0.1) is 0 Å². The minimum Gasteiger partial charge on any atom is -0.768 e. The Kier molecular flexibility index (Phi) is 9.51. The second-order valence-electron chi connectivity index (χ2n) is 8.24. The third-order valence-electron chi connectivity index (χ3n) is 4.53. The Morgan fingerprint density at radius 1 is 1.06 bits per heavy atom. The maximum atomic E-state index is 13.1. The lowest BCUT2D eigenvalue weighted by atomic mass is 10.1. The molecule has 0 heterocycles. The molecular weight excluding hydrogens is 494 g/mol. The molecule has 3 N–H and O–H groups in total. The number of nitrogens with one attached hydrogen (secondary N) is 3. The molecule has 1 amide bonds. The Morgan fingerprint density at radius 3 is 2.26 bits per heavy atom. The number of hydrogen-bond acceptors (Lipinski definition) is 6. The van der Waals surface area contributed by atoms with Gasteiger partial charge in [0.1, 0.15) is 0 Å². The van der Waals surface area contributed by atoms with Crippen LogP contribution >= 0.6 is 12.2 Å². The quantitative estimate of drug-likeness (QED) is 0.273. The minimum absolute atomic E-state index is 0.0750. The third-order valence-corrected chi connectivity index (χ3v) is 6.87. The lowest BCUT2D eigenvalue weighted by Crippen LogP contribution is -2.35. The lowest BCUT2D eigenvalue weighted by Gasteiger charge is -2.16. The van der Waals surface area contributed by atoms with Crippen molar-refractivity contribution in [3.8, 4) is 0 Å². The van der Waals surface area contributed by atoms with Gasteiger partial charge in [0.2, 0.25) is 5.91 Å². The summed E-state index contributed by atoms with van der Waals surface area (Å²) in [4.78, 5) is 12.1. The van der Waals surface area contributed by atoms with Crippen LogP contribution in [0.1, 0.15) is 44.4 Å². The van der Waals surface area contributed by atoms with Crippen LogP contribution in [0.15, 0.2) is 46.2 Å². The van der Waals surface area contributed by atoms with E-state index >= 15 is 0 Å². The maximum absolute atomic E-state index is 13.1. The van der Waals surface area contributed by atoms with Crippen molar-refractivity contribution >= 4 is 62.2 Å². The molecule has 11 heteroatoms. The first kappa shape index (κ1) is 27.6. The number of anilines is 1. The van der Waals surface area contributed by atoms with Gasteiger partial charge in [0, 0.05) is 22.5 Å². The summed E-state index contributed by atoms with van der Waals surface area (Å²) in [6, 6.07) is 9.55. The van der Waals surface area contributed by atoms with E-state index in [9.17, 15) is 22.0 Å². The molecule has 0 aliphatic carbocycles. The van der Waals surface area contributed by atoms with Gasteiger partial charge >= 0.3 is 0 Å². The number of sulfonamides is 1. The van der Waals surface area contributed by atoms with E-state index in [2.05, 4.69) is 15.4 Å². The molecule has 0 fully saturated rings. The van der Waals surface area contributed by atoms with Crippen LogP contribution in [0.2, 0.25) is 0 Å². The first-order valence-electron chi connectivity index (χ1n) is 10.5. The number of benzene rings is 2. The predicted molar refractivity (Wildman–Crippen MR) is 138 cm³/mol. The number of rotatable bonds is 8. The zero-order chi connectivity index (χ0) is 25.6. The van der Waals surface area contributed by atoms with Crippen molar-refractivity contribution in [2.75, 3.05) is 5.32 Å². The topological polar surface area (TPSA) is 127 Å². The standard InChI is InChI=1S/C23H29N3O5S3/c1-14(2)22(27)26-34(30,31)21-13-19(25-23(32)24-15(3)4)11-10-18(21)9-8-17-7-6-16(5)12-20(17)33(28)29/h6-15H,1-5H3,(H,26,27)(H,28,29)(H2,24,25,32)/p-1/b9-8+. The molecule has 0 aromatic heterocycles. The third kappa shape index (κ3) is 7.73. The molecular formula is C23H28N3O5S3-. The number of aryl methyl sites for hydroxylation is 1. The second kappa shape index (κ2) is 11.7. The predicted octanol–water partition coefficient (Wildman–Crippen LogP) is 3.56. The molecule has 2 aromatic rings. The molecule has 1 atom stereocenters. The average Bonchev–Trinajstić information content (AvgIpc) is 2.72. The van der Waals surface area contributed by atoms with E-state index < -0.39 is 32.9 Å². The smallest absolute Gasteiger partial charge is 0.264 e. The van der Waals surface area contributed by atoms with Crippen molar-refractivity contribution in [3.63, 3.8) is 0 Å². The molecule has 0 radical (unpaired) electrons. The molecule has 0 aliphatic heterocycles. The van der Waals surface area contributed by atoms with E-state index in [0.29, 0.717) is 16.4 Å². The zero-order valence-corrected chi connectivity index (χ0v) is 22.0. The average molecular weight is 523 g/mol. The molecule has 2 aromatic carbocycles. The van der Waals surface area contributed by atoms with E-state index in [0.717, 1.165) is 5.56 Å². The van der Waals surface area contributed by atoms with Gasteiger partial charge in [-0.05, 0) is 79.0 Å². The van der Waals surface area contributed by atoms with Gasteiger partial charge < -0.3 is 15.2 Å². The summed E-state index contributed by atoms with van der Waals surface area (Å²) in [5.41, 5.74) is 1.85. The number of carbonyl (C=O) groups is 1. The van der Waals surface area contributed by atoms with Crippen LogP contribution in [0.4, 0.5) is 5.69 Å². The van der Waals surface area contributed by atoms with Crippen LogP contribution in [0, 0.1) is 12.8 Å². The lowest BCUT2D eigenvalue weighted by molar-refractivity contribution is -0.122. The second-order valence-corrected chi connectivity index (χ2v) is 11.2. The first-order valence-corrected chi connectivity index (χ1v) is 13.4. The normalized spacial score (nSPS) is 12.7. The van der Waals surface area contributed by atoms with Crippen LogP contribution in [-0.4, -0.2) is 34.2 Å². The summed E-state index contributed by atoms with van der Waals surface area (Å²) in [7, 11) is -4.23. The van der Waals surface area contributed by atoms with E-state index in [1.807, 2.05) is 13.8 Å². The molecule has 184 valence electrons. The van der Waals surface area contributed by atoms with Crippen LogP contribution in [0.3, 0.4) is 0 Å². The Labute approximate surface area is 208 Å². The molecule has 2 rings (SSSR count). The van der Waals surface area contributed by atoms with Gasteiger partial charge in [-0.2, -0.15) is 0 Å². The highest BCUT2D eigenvalue weighted by Gasteiger charge is 2.23. The molecule has 0 spiro atoms. The van der Waals surface area contributed by atoms with E-state index in [-0.39, 0.29) is 21.4 Å². The summed E-state index contributed by atoms with van der Waals surface area (Å²) in [5, 5.41) is 6.25. The van der Waals surface area contributed by atoms with Gasteiger partial charge in [-0.1, -0.05) is 44.2 Å².